The highest BCUT2D eigenvalue weighted by atomic mass is 16.6. The van der Waals surface area contributed by atoms with E-state index >= 15 is 0 Å². The Bertz CT molecular complexity index is 1120. The maximum Gasteiger partial charge on any atom is 0.410 e. The second-order valence-electron chi connectivity index (χ2n) is 12.7. The fourth-order valence-electron chi connectivity index (χ4n) is 5.73. The van der Waals surface area contributed by atoms with E-state index in [0.29, 0.717) is 5.95 Å². The molecule has 0 radical (unpaired) electrons. The van der Waals surface area contributed by atoms with Gasteiger partial charge < -0.3 is 25.4 Å². The summed E-state index contributed by atoms with van der Waals surface area (Å²) in [4.78, 5) is 31.2. The highest BCUT2D eigenvalue weighted by Gasteiger charge is 2.35. The monoisotopic (exact) mass is 567 g/mol. The summed E-state index contributed by atoms with van der Waals surface area (Å²) in [5.41, 5.74) is 2.31. The molecule has 2 aromatic rings. The Balaban J connectivity index is 1.44. The quantitative estimate of drug-likeness (QED) is 0.347. The molecule has 1 saturated heterocycles. The van der Waals surface area contributed by atoms with Gasteiger partial charge in [-0.3, -0.25) is 9.88 Å². The van der Waals surface area contributed by atoms with Crippen molar-refractivity contribution in [3.05, 3.63) is 30.1 Å². The van der Waals surface area contributed by atoms with Crippen LogP contribution in [0.4, 0.5) is 16.6 Å². The van der Waals surface area contributed by atoms with Crippen molar-refractivity contribution in [1.29, 1.82) is 0 Å². The number of aromatic nitrogens is 3. The van der Waals surface area contributed by atoms with Gasteiger partial charge in [0.15, 0.2) is 0 Å². The number of ether oxygens (including phenoxy) is 1. The van der Waals surface area contributed by atoms with Crippen LogP contribution in [-0.2, 0) is 11.3 Å². The number of anilines is 2. The van der Waals surface area contributed by atoms with E-state index < -0.39 is 5.60 Å². The maximum absolute atomic E-state index is 12.8. The average molecular weight is 568 g/mol. The van der Waals surface area contributed by atoms with Crippen molar-refractivity contribution in [3.63, 3.8) is 0 Å². The van der Waals surface area contributed by atoms with Gasteiger partial charge in [-0.1, -0.05) is 19.4 Å². The van der Waals surface area contributed by atoms with Gasteiger partial charge in [-0.05, 0) is 78.4 Å². The van der Waals surface area contributed by atoms with Crippen LogP contribution in [0, 0.1) is 0 Å². The van der Waals surface area contributed by atoms with Crippen LogP contribution in [-0.4, -0.2) is 85.4 Å². The summed E-state index contributed by atoms with van der Waals surface area (Å²) in [5.74, 6) is 1.40. The molecule has 2 atom stereocenters. The molecule has 1 saturated carbocycles. The number of unbranched alkanes of at least 4 members (excludes halogenated alkanes) is 1. The van der Waals surface area contributed by atoms with Crippen LogP contribution < -0.4 is 10.6 Å². The van der Waals surface area contributed by atoms with E-state index in [1.54, 1.807) is 0 Å². The van der Waals surface area contributed by atoms with Gasteiger partial charge in [0.1, 0.15) is 11.4 Å². The minimum atomic E-state index is -0.508. The number of hydrogen-bond donors (Lipinski definition) is 3. The molecule has 2 fully saturated rings. The van der Waals surface area contributed by atoms with E-state index in [1.807, 2.05) is 44.1 Å². The Labute approximate surface area is 245 Å². The van der Waals surface area contributed by atoms with E-state index in [4.69, 9.17) is 14.7 Å². The molecule has 2 aromatic heterocycles. The van der Waals surface area contributed by atoms with Crippen LogP contribution in [0.2, 0.25) is 0 Å². The molecule has 1 aliphatic heterocycles. The molecule has 10 heteroatoms. The number of aliphatic hydroxyl groups is 1. The van der Waals surface area contributed by atoms with E-state index in [-0.39, 0.29) is 30.3 Å². The van der Waals surface area contributed by atoms with Crippen molar-refractivity contribution in [2.24, 2.45) is 0 Å². The van der Waals surface area contributed by atoms with Crippen LogP contribution in [0.1, 0.15) is 85.6 Å². The van der Waals surface area contributed by atoms with Gasteiger partial charge in [0.2, 0.25) is 5.95 Å². The van der Waals surface area contributed by atoms with E-state index in [0.717, 1.165) is 87.3 Å². The van der Waals surface area contributed by atoms with Crippen molar-refractivity contribution in [1.82, 2.24) is 24.8 Å². The first-order chi connectivity index (χ1) is 19.5. The Morgan fingerprint density at radius 1 is 1.07 bits per heavy atom. The van der Waals surface area contributed by atoms with Crippen LogP contribution in [0.25, 0.3) is 11.3 Å². The second-order valence-corrected chi connectivity index (χ2v) is 12.7. The molecule has 0 aromatic carbocycles. The Morgan fingerprint density at radius 3 is 2.39 bits per heavy atom. The molecule has 0 spiro atoms. The van der Waals surface area contributed by atoms with Crippen LogP contribution in [0.3, 0.4) is 0 Å². The molecular formula is C31H49N7O3. The molecule has 0 bridgehead atoms. The second kappa shape index (κ2) is 13.8. The lowest BCUT2D eigenvalue weighted by atomic mass is 9.93. The molecule has 3 heterocycles. The number of piperazine rings is 1. The summed E-state index contributed by atoms with van der Waals surface area (Å²) in [6, 6.07) is 4.52. The predicted molar refractivity (Wildman–Crippen MR) is 163 cm³/mol. The van der Waals surface area contributed by atoms with E-state index in [9.17, 15) is 9.90 Å². The van der Waals surface area contributed by atoms with Crippen molar-refractivity contribution < 1.29 is 14.6 Å². The molecular weight excluding hydrogens is 518 g/mol. The van der Waals surface area contributed by atoms with Gasteiger partial charge in [-0.2, -0.15) is 4.98 Å². The highest BCUT2D eigenvalue weighted by molar-refractivity contribution is 5.73. The summed E-state index contributed by atoms with van der Waals surface area (Å²) >= 11 is 0. The molecule has 226 valence electrons. The number of nitrogens with zero attached hydrogens (tertiary/aromatic N) is 5. The van der Waals surface area contributed by atoms with Crippen molar-refractivity contribution in [2.45, 2.75) is 116 Å². The Hall–Kier alpha value is -2.98. The lowest BCUT2D eigenvalue weighted by Crippen LogP contribution is -2.59. The third-order valence-corrected chi connectivity index (χ3v) is 7.75. The highest BCUT2D eigenvalue weighted by Crippen LogP contribution is 2.29. The lowest BCUT2D eigenvalue weighted by Gasteiger charge is -2.44. The smallest absolute Gasteiger partial charge is 0.410 e. The SMILES string of the molecule is CCCCNc1ncc(-c2ccc(CN3CC(C)N(C(=O)OC(C)(C)C)C(C)C3)cn2)c(N[C@H]2CC[C@H](O)CC2)n1. The number of hydrogen-bond acceptors (Lipinski definition) is 9. The van der Waals surface area contributed by atoms with Gasteiger partial charge >= 0.3 is 6.09 Å². The fourth-order valence-corrected chi connectivity index (χ4v) is 5.73. The third-order valence-electron chi connectivity index (χ3n) is 7.75. The topological polar surface area (TPSA) is 116 Å². The van der Waals surface area contributed by atoms with Crippen molar-refractivity contribution in [2.75, 3.05) is 30.3 Å². The zero-order valence-corrected chi connectivity index (χ0v) is 25.7. The van der Waals surface area contributed by atoms with Gasteiger partial charge in [0.25, 0.3) is 0 Å². The number of carbonyl (C=O) groups excluding carboxylic acids is 1. The summed E-state index contributed by atoms with van der Waals surface area (Å²) in [6.07, 6.45) is 8.92. The number of amides is 1. The standard InChI is InChI=1S/C31H49N7O3/c1-7-8-15-32-29-34-17-26(28(36-29)35-24-10-12-25(39)13-11-24)27-14-9-23(16-33-27)20-37-18-21(2)38(22(3)19-37)30(40)41-31(4,5)6/h9,14,16-17,21-22,24-25,39H,7-8,10-13,15,18-20H2,1-6H3,(H2,32,34,35,36)/t21?,22?,24-,25-. The molecule has 4 rings (SSSR count). The third kappa shape index (κ3) is 8.75. The maximum atomic E-state index is 12.8. The lowest BCUT2D eigenvalue weighted by molar-refractivity contribution is -0.0162. The number of rotatable bonds is 9. The first-order valence-corrected chi connectivity index (χ1v) is 15.3. The Kier molecular flexibility index (Phi) is 10.4. The van der Waals surface area contributed by atoms with Gasteiger partial charge in [0, 0.05) is 56.7 Å². The summed E-state index contributed by atoms with van der Waals surface area (Å²) < 4.78 is 5.65. The van der Waals surface area contributed by atoms with E-state index in [1.165, 1.54) is 0 Å². The first-order valence-electron chi connectivity index (χ1n) is 15.3. The zero-order valence-electron chi connectivity index (χ0n) is 25.7. The van der Waals surface area contributed by atoms with Gasteiger partial charge in [0.05, 0.1) is 17.4 Å². The van der Waals surface area contributed by atoms with Gasteiger partial charge in [-0.25, -0.2) is 9.78 Å². The minimum absolute atomic E-state index is 0.0527. The van der Waals surface area contributed by atoms with Crippen LogP contribution in [0.5, 0.6) is 0 Å². The molecule has 3 N–H and O–H groups in total. The molecule has 1 aliphatic carbocycles. The largest absolute Gasteiger partial charge is 0.444 e. The molecule has 41 heavy (non-hydrogen) atoms. The van der Waals surface area contributed by atoms with Gasteiger partial charge in [-0.15, -0.1) is 0 Å². The average Bonchev–Trinajstić information content (AvgIpc) is 2.89. The summed E-state index contributed by atoms with van der Waals surface area (Å²) in [5, 5.41) is 16.9. The number of carbonyl (C=O) groups is 1. The normalized spacial score (nSPS) is 23.7. The number of aliphatic hydroxyl groups excluding tert-OH is 1. The fraction of sp³-hybridized carbons (Fsp3) is 0.677. The number of pyridine rings is 1. The molecule has 1 amide bonds. The zero-order chi connectivity index (χ0) is 29.6. The molecule has 10 nitrogen and oxygen atoms in total. The van der Waals surface area contributed by atoms with Crippen LogP contribution in [0.15, 0.2) is 24.5 Å². The predicted octanol–water partition coefficient (Wildman–Crippen LogP) is 5.30. The summed E-state index contributed by atoms with van der Waals surface area (Å²) in [6.45, 7) is 15.2. The number of nitrogens with one attached hydrogen (secondary N) is 2. The first kappa shape index (κ1) is 31.0. The molecule has 2 aliphatic rings. The molecule has 2 unspecified atom stereocenters. The van der Waals surface area contributed by atoms with Crippen molar-refractivity contribution >= 4 is 17.9 Å². The Morgan fingerprint density at radius 2 is 1.78 bits per heavy atom. The minimum Gasteiger partial charge on any atom is -0.444 e. The van der Waals surface area contributed by atoms with Crippen molar-refractivity contribution in [3.8, 4) is 11.3 Å². The van der Waals surface area contributed by atoms with Crippen LogP contribution >= 0.6 is 0 Å². The van der Waals surface area contributed by atoms with E-state index in [2.05, 4.69) is 47.4 Å². The summed E-state index contributed by atoms with van der Waals surface area (Å²) in [7, 11) is 0.